The zero-order chi connectivity index (χ0) is 28.1. The highest BCUT2D eigenvalue weighted by Gasteiger charge is 2.41. The Kier molecular flexibility index (Phi) is 8.33. The number of allylic oxidation sites excluding steroid dienone is 3. The minimum absolute atomic E-state index is 0.0464. The van der Waals surface area contributed by atoms with Crippen LogP contribution in [0.5, 0.6) is 17.2 Å². The lowest BCUT2D eigenvalue weighted by Crippen LogP contribution is -2.36. The summed E-state index contributed by atoms with van der Waals surface area (Å²) in [5, 5.41) is 26.3. The molecule has 1 aliphatic heterocycles. The van der Waals surface area contributed by atoms with Gasteiger partial charge in [0.1, 0.15) is 17.2 Å². The van der Waals surface area contributed by atoms with Crippen LogP contribution in [0.25, 0.3) is 0 Å². The number of phenolic OH excluding ortho intramolecular Hbond substituents is 2. The first-order valence-corrected chi connectivity index (χ1v) is 12.7. The molecule has 0 bridgehead atoms. The monoisotopic (exact) mass is 533 g/mol. The number of para-hydroxylation sites is 1. The van der Waals surface area contributed by atoms with Crippen LogP contribution in [0.1, 0.15) is 50.7 Å². The number of carbonyl (C=O) groups is 3. The van der Waals surface area contributed by atoms with Gasteiger partial charge in [0.2, 0.25) is 0 Å². The van der Waals surface area contributed by atoms with Crippen molar-refractivity contribution in [1.29, 1.82) is 0 Å². The number of dihydropyridines is 1. The van der Waals surface area contributed by atoms with Gasteiger partial charge in [-0.3, -0.25) is 9.59 Å². The number of rotatable bonds is 8. The number of ether oxygens (including phenoxy) is 2. The molecule has 0 saturated heterocycles. The number of benzene rings is 2. The second kappa shape index (κ2) is 11.8. The van der Waals surface area contributed by atoms with Crippen LogP contribution in [0.4, 0.5) is 0 Å². The molecule has 2 aromatic rings. The van der Waals surface area contributed by atoms with Crippen molar-refractivity contribution in [2.45, 2.75) is 39.5 Å². The number of hydrogen-bond acceptors (Lipinski definition) is 9. The zero-order valence-electron chi connectivity index (χ0n) is 22.0. The number of esters is 1. The van der Waals surface area contributed by atoms with E-state index in [9.17, 15) is 24.6 Å². The van der Waals surface area contributed by atoms with Gasteiger partial charge in [-0.05, 0) is 44.4 Å². The number of amides is 1. The maximum absolute atomic E-state index is 13.3. The van der Waals surface area contributed by atoms with Crippen LogP contribution in [0, 0.1) is 5.92 Å². The number of carbonyl (C=O) groups excluding carboxylic acids is 3. The molecule has 0 fully saturated rings. The third kappa shape index (κ3) is 6.11. The lowest BCUT2D eigenvalue weighted by Gasteiger charge is -2.36. The molecular weight excluding hydrogens is 502 g/mol. The summed E-state index contributed by atoms with van der Waals surface area (Å²) in [6.07, 6.45) is 2.27. The van der Waals surface area contributed by atoms with E-state index in [4.69, 9.17) is 9.47 Å². The Balaban J connectivity index is 1.58. The van der Waals surface area contributed by atoms with Crippen molar-refractivity contribution in [3.8, 4) is 17.2 Å². The molecule has 10 heteroatoms. The highest BCUT2D eigenvalue weighted by atomic mass is 16.5. The van der Waals surface area contributed by atoms with Crippen LogP contribution in [-0.4, -0.2) is 47.3 Å². The fourth-order valence-corrected chi connectivity index (χ4v) is 4.87. The Bertz CT molecular complexity index is 1390. The van der Waals surface area contributed by atoms with Crippen molar-refractivity contribution < 1.29 is 34.1 Å². The van der Waals surface area contributed by atoms with Crippen molar-refractivity contribution in [1.82, 2.24) is 10.7 Å². The van der Waals surface area contributed by atoms with Gasteiger partial charge in [0.25, 0.3) is 5.91 Å². The number of Topliss-reactive ketones (excluding diaryl/α,β-unsaturated/α-hetero) is 1. The topological polar surface area (TPSA) is 147 Å². The molecule has 0 aromatic heterocycles. The summed E-state index contributed by atoms with van der Waals surface area (Å²) in [4.78, 5) is 38.8. The second-order valence-corrected chi connectivity index (χ2v) is 9.51. The van der Waals surface area contributed by atoms with E-state index in [0.717, 1.165) is 11.8 Å². The van der Waals surface area contributed by atoms with Gasteiger partial charge in [-0.1, -0.05) is 25.1 Å². The minimum atomic E-state index is -0.713. The molecule has 0 saturated carbocycles. The summed E-state index contributed by atoms with van der Waals surface area (Å²) in [5.74, 6) is -1.63. The van der Waals surface area contributed by atoms with Crippen LogP contribution < -0.4 is 15.5 Å². The Labute approximate surface area is 226 Å². The third-order valence-electron chi connectivity index (χ3n) is 6.52. The molecule has 2 unspecified atom stereocenters. The van der Waals surface area contributed by atoms with Gasteiger partial charge in [-0.15, -0.1) is 0 Å². The number of phenols is 2. The normalized spacial score (nSPS) is 19.0. The van der Waals surface area contributed by atoms with E-state index in [1.807, 2.05) is 6.92 Å². The van der Waals surface area contributed by atoms with E-state index in [1.54, 1.807) is 38.1 Å². The van der Waals surface area contributed by atoms with Crippen molar-refractivity contribution in [2.75, 3.05) is 13.2 Å². The van der Waals surface area contributed by atoms with Crippen LogP contribution in [0.15, 0.2) is 70.1 Å². The molecule has 1 amide bonds. The van der Waals surface area contributed by atoms with Gasteiger partial charge in [-0.25, -0.2) is 10.2 Å². The summed E-state index contributed by atoms with van der Waals surface area (Å²) in [5.41, 5.74) is 5.44. The van der Waals surface area contributed by atoms with Gasteiger partial charge in [0.15, 0.2) is 12.4 Å². The first kappa shape index (κ1) is 27.4. The molecule has 39 heavy (non-hydrogen) atoms. The summed E-state index contributed by atoms with van der Waals surface area (Å²) < 4.78 is 11.2. The third-order valence-corrected chi connectivity index (χ3v) is 6.52. The standard InChI is InChI=1S/C29H31N3O7/c1-4-38-29(37)26-17(3)31-21-11-16(2)12-23(35)28(21)27(26)20-7-5-6-8-24(20)39-15-25(36)32-30-14-18-9-10-19(33)13-22(18)34/h5-10,13-14,16,27,31,33-34H,4,11-12,15H2,1-3H3,(H,32,36). The van der Waals surface area contributed by atoms with Gasteiger partial charge in [-0.2, -0.15) is 5.10 Å². The number of nitrogens with one attached hydrogen (secondary N) is 2. The number of hydrogen-bond donors (Lipinski definition) is 4. The quantitative estimate of drug-likeness (QED) is 0.229. The fourth-order valence-electron chi connectivity index (χ4n) is 4.87. The van der Waals surface area contributed by atoms with Crippen LogP contribution >= 0.6 is 0 Å². The van der Waals surface area contributed by atoms with Crippen molar-refractivity contribution in [3.05, 3.63) is 76.1 Å². The summed E-state index contributed by atoms with van der Waals surface area (Å²) in [6.45, 7) is 5.31. The molecule has 2 aromatic carbocycles. The van der Waals surface area contributed by atoms with Gasteiger partial charge < -0.3 is 25.0 Å². The highest BCUT2D eigenvalue weighted by Crippen LogP contribution is 2.46. The SMILES string of the molecule is CCOC(=O)C1=C(C)NC2=C(C(=O)CC(C)C2)C1c1ccccc1OCC(=O)NN=Cc1ccc(O)cc1O. The number of ketones is 1. The van der Waals surface area contributed by atoms with Crippen molar-refractivity contribution in [2.24, 2.45) is 11.0 Å². The molecule has 10 nitrogen and oxygen atoms in total. The van der Waals surface area contributed by atoms with Gasteiger partial charge in [0, 0.05) is 40.6 Å². The first-order valence-electron chi connectivity index (χ1n) is 12.7. The summed E-state index contributed by atoms with van der Waals surface area (Å²) >= 11 is 0. The van der Waals surface area contributed by atoms with Crippen molar-refractivity contribution in [3.63, 3.8) is 0 Å². The minimum Gasteiger partial charge on any atom is -0.508 e. The Morgan fingerprint density at radius 3 is 2.69 bits per heavy atom. The van der Waals surface area contributed by atoms with Crippen LogP contribution in [0.2, 0.25) is 0 Å². The molecule has 0 spiro atoms. The second-order valence-electron chi connectivity index (χ2n) is 9.51. The molecule has 1 aliphatic carbocycles. The van der Waals surface area contributed by atoms with E-state index < -0.39 is 24.4 Å². The Hall–Kier alpha value is -4.60. The highest BCUT2D eigenvalue weighted by molar-refractivity contribution is 6.04. The first-order chi connectivity index (χ1) is 18.7. The maximum atomic E-state index is 13.3. The molecule has 4 rings (SSSR count). The van der Waals surface area contributed by atoms with Gasteiger partial charge in [0.05, 0.1) is 24.3 Å². The van der Waals surface area contributed by atoms with Gasteiger partial charge >= 0.3 is 5.97 Å². The van der Waals surface area contributed by atoms with E-state index in [0.29, 0.717) is 46.6 Å². The van der Waals surface area contributed by atoms with E-state index in [1.165, 1.54) is 18.3 Å². The molecule has 2 atom stereocenters. The number of hydrazone groups is 1. The molecular formula is C29H31N3O7. The maximum Gasteiger partial charge on any atom is 0.336 e. The molecule has 0 radical (unpaired) electrons. The van der Waals surface area contributed by atoms with E-state index in [-0.39, 0.29) is 29.8 Å². The van der Waals surface area contributed by atoms with E-state index in [2.05, 4.69) is 15.8 Å². The fraction of sp³-hybridized carbons (Fsp3) is 0.310. The van der Waals surface area contributed by atoms with Crippen LogP contribution in [-0.2, 0) is 19.1 Å². The van der Waals surface area contributed by atoms with Crippen LogP contribution in [0.3, 0.4) is 0 Å². The molecule has 4 N–H and O–H groups in total. The molecule has 204 valence electrons. The predicted octanol–water partition coefficient (Wildman–Crippen LogP) is 3.40. The predicted molar refractivity (Wildman–Crippen MR) is 143 cm³/mol. The number of aromatic hydroxyl groups is 2. The Morgan fingerprint density at radius 1 is 1.18 bits per heavy atom. The lowest BCUT2D eigenvalue weighted by molar-refractivity contribution is -0.139. The average molecular weight is 534 g/mol. The molecule has 2 aliphatic rings. The van der Waals surface area contributed by atoms with Crippen molar-refractivity contribution >= 4 is 23.9 Å². The Morgan fingerprint density at radius 2 is 1.95 bits per heavy atom. The summed E-state index contributed by atoms with van der Waals surface area (Å²) in [7, 11) is 0. The average Bonchev–Trinajstić information content (AvgIpc) is 2.88. The smallest absolute Gasteiger partial charge is 0.336 e. The molecule has 1 heterocycles. The zero-order valence-corrected chi connectivity index (χ0v) is 22.0. The largest absolute Gasteiger partial charge is 0.508 e. The summed E-state index contributed by atoms with van der Waals surface area (Å²) in [6, 6.07) is 11.0. The lowest BCUT2D eigenvalue weighted by atomic mass is 9.73. The van der Waals surface area contributed by atoms with E-state index >= 15 is 0 Å². The number of nitrogens with zero attached hydrogens (tertiary/aromatic N) is 1.